The largest absolute Gasteiger partial charge is 0.453 e. The lowest BCUT2D eigenvalue weighted by atomic mass is 10.2. The van der Waals surface area contributed by atoms with E-state index in [0.717, 1.165) is 5.01 Å². The number of carbonyl (C=O) groups is 1. The van der Waals surface area contributed by atoms with E-state index < -0.39 is 6.09 Å². The Morgan fingerprint density at radius 2 is 2.23 bits per heavy atom. The molecule has 0 fully saturated rings. The van der Waals surface area contributed by atoms with Gasteiger partial charge >= 0.3 is 6.09 Å². The van der Waals surface area contributed by atoms with E-state index in [9.17, 15) is 4.79 Å². The minimum Gasteiger partial charge on any atom is -0.453 e. The summed E-state index contributed by atoms with van der Waals surface area (Å²) >= 11 is 1.35. The zero-order valence-electron chi connectivity index (χ0n) is 7.70. The van der Waals surface area contributed by atoms with Gasteiger partial charge in [-0.2, -0.15) is 0 Å². The molecule has 0 saturated heterocycles. The summed E-state index contributed by atoms with van der Waals surface area (Å²) in [6.45, 7) is 4.03. The summed E-state index contributed by atoms with van der Waals surface area (Å²) in [7, 11) is 1.31. The Balaban J connectivity index is 2.64. The van der Waals surface area contributed by atoms with Crippen molar-refractivity contribution in [2.45, 2.75) is 19.8 Å². The first kappa shape index (κ1) is 9.91. The minimum absolute atomic E-state index is 0.325. The topological polar surface area (TPSA) is 64.1 Å². The highest BCUT2D eigenvalue weighted by atomic mass is 32.1. The van der Waals surface area contributed by atoms with Crippen LogP contribution in [0.2, 0.25) is 0 Å². The summed E-state index contributed by atoms with van der Waals surface area (Å²) < 4.78 is 4.41. The Kier molecular flexibility index (Phi) is 3.18. The lowest BCUT2D eigenvalue weighted by molar-refractivity contribution is 0.187. The van der Waals surface area contributed by atoms with Crippen molar-refractivity contribution in [2.24, 2.45) is 0 Å². The number of hydrogen-bond donors (Lipinski definition) is 1. The van der Waals surface area contributed by atoms with Gasteiger partial charge in [0.05, 0.1) is 7.11 Å². The van der Waals surface area contributed by atoms with Crippen LogP contribution < -0.4 is 5.32 Å². The molecule has 0 spiro atoms. The SMILES string of the molecule is COC(=O)Nc1nnc(C(C)C)s1. The van der Waals surface area contributed by atoms with Crippen molar-refractivity contribution in [3.63, 3.8) is 0 Å². The molecule has 1 N–H and O–H groups in total. The van der Waals surface area contributed by atoms with E-state index in [0.29, 0.717) is 11.0 Å². The zero-order valence-corrected chi connectivity index (χ0v) is 8.51. The summed E-state index contributed by atoms with van der Waals surface area (Å²) in [5, 5.41) is 11.5. The van der Waals surface area contributed by atoms with Gasteiger partial charge in [0.15, 0.2) is 0 Å². The van der Waals surface area contributed by atoms with Crippen LogP contribution >= 0.6 is 11.3 Å². The van der Waals surface area contributed by atoms with Crippen LogP contribution in [-0.2, 0) is 4.74 Å². The second-order valence-corrected chi connectivity index (χ2v) is 3.73. The van der Waals surface area contributed by atoms with Gasteiger partial charge in [-0.3, -0.25) is 5.32 Å². The van der Waals surface area contributed by atoms with Gasteiger partial charge in [-0.1, -0.05) is 25.2 Å². The molecule has 0 unspecified atom stereocenters. The van der Waals surface area contributed by atoms with Gasteiger partial charge in [0.2, 0.25) is 5.13 Å². The molecular formula is C7H11N3O2S. The predicted octanol–water partition coefficient (Wildman–Crippen LogP) is 1.84. The molecule has 1 rings (SSSR count). The number of rotatable bonds is 2. The zero-order chi connectivity index (χ0) is 9.84. The first-order valence-electron chi connectivity index (χ1n) is 3.82. The number of aromatic nitrogens is 2. The second-order valence-electron chi connectivity index (χ2n) is 2.72. The van der Waals surface area contributed by atoms with Gasteiger partial charge in [0, 0.05) is 5.92 Å². The van der Waals surface area contributed by atoms with Crippen LogP contribution in [0.1, 0.15) is 24.8 Å². The maximum absolute atomic E-state index is 10.8. The van der Waals surface area contributed by atoms with E-state index in [2.05, 4.69) is 20.3 Å². The molecule has 0 aliphatic rings. The monoisotopic (exact) mass is 201 g/mol. The highest BCUT2D eigenvalue weighted by Gasteiger charge is 2.09. The van der Waals surface area contributed by atoms with Gasteiger partial charge in [-0.05, 0) is 0 Å². The Labute approximate surface area is 80.1 Å². The van der Waals surface area contributed by atoms with E-state index in [1.54, 1.807) is 0 Å². The third kappa shape index (κ3) is 2.66. The molecule has 6 heteroatoms. The van der Waals surface area contributed by atoms with E-state index in [4.69, 9.17) is 0 Å². The maximum atomic E-state index is 10.8. The number of ether oxygens (including phenoxy) is 1. The average Bonchev–Trinajstić information content (AvgIpc) is 2.52. The molecule has 72 valence electrons. The fraction of sp³-hybridized carbons (Fsp3) is 0.571. The Hall–Kier alpha value is -1.17. The standard InChI is InChI=1S/C7H11N3O2S/c1-4(2)5-9-10-6(13-5)8-7(11)12-3/h4H,1-3H3,(H,8,10,11). The van der Waals surface area contributed by atoms with Crippen LogP contribution in [-0.4, -0.2) is 23.4 Å². The van der Waals surface area contributed by atoms with Crippen LogP contribution in [0.5, 0.6) is 0 Å². The summed E-state index contributed by atoms with van der Waals surface area (Å²) in [5.41, 5.74) is 0. The van der Waals surface area contributed by atoms with Crippen molar-refractivity contribution < 1.29 is 9.53 Å². The number of carbonyl (C=O) groups excluding carboxylic acids is 1. The van der Waals surface area contributed by atoms with Crippen LogP contribution in [0.3, 0.4) is 0 Å². The first-order valence-corrected chi connectivity index (χ1v) is 4.63. The fourth-order valence-corrected chi connectivity index (χ4v) is 1.39. The van der Waals surface area contributed by atoms with Gasteiger partial charge < -0.3 is 4.74 Å². The second kappa shape index (κ2) is 4.18. The van der Waals surface area contributed by atoms with E-state index >= 15 is 0 Å². The number of nitrogens with zero attached hydrogens (tertiary/aromatic N) is 2. The third-order valence-corrected chi connectivity index (χ3v) is 2.47. The molecule has 0 aliphatic heterocycles. The van der Waals surface area contributed by atoms with E-state index in [1.807, 2.05) is 13.8 Å². The lowest BCUT2D eigenvalue weighted by Gasteiger charge is -1.96. The summed E-state index contributed by atoms with van der Waals surface area (Å²) in [5.74, 6) is 0.325. The highest BCUT2D eigenvalue weighted by Crippen LogP contribution is 2.22. The number of amides is 1. The Morgan fingerprint density at radius 1 is 1.54 bits per heavy atom. The molecule has 0 aliphatic carbocycles. The molecule has 0 bridgehead atoms. The molecular weight excluding hydrogens is 190 g/mol. The molecule has 0 saturated carbocycles. The van der Waals surface area contributed by atoms with Gasteiger partial charge in [0.1, 0.15) is 5.01 Å². The molecule has 13 heavy (non-hydrogen) atoms. The molecule has 1 amide bonds. The summed E-state index contributed by atoms with van der Waals surface area (Å²) in [6, 6.07) is 0. The number of hydrogen-bond acceptors (Lipinski definition) is 5. The molecule has 1 aromatic heterocycles. The molecule has 0 radical (unpaired) electrons. The maximum Gasteiger partial charge on any atom is 0.413 e. The van der Waals surface area contributed by atoms with Crippen LogP contribution in [0.4, 0.5) is 9.93 Å². The summed E-state index contributed by atoms with van der Waals surface area (Å²) in [6.07, 6.45) is -0.522. The fourth-order valence-electron chi connectivity index (χ4n) is 0.657. The van der Waals surface area contributed by atoms with Crippen LogP contribution in [0, 0.1) is 0 Å². The van der Waals surface area contributed by atoms with E-state index in [-0.39, 0.29) is 0 Å². The van der Waals surface area contributed by atoms with Gasteiger partial charge in [-0.25, -0.2) is 4.79 Å². The molecule has 1 aromatic rings. The number of anilines is 1. The van der Waals surface area contributed by atoms with Crippen molar-refractivity contribution in [3.05, 3.63) is 5.01 Å². The molecule has 0 atom stereocenters. The van der Waals surface area contributed by atoms with Crippen molar-refractivity contribution in [3.8, 4) is 0 Å². The predicted molar refractivity (Wildman–Crippen MR) is 50.0 cm³/mol. The molecule has 0 aromatic carbocycles. The van der Waals surface area contributed by atoms with Crippen molar-refractivity contribution in [2.75, 3.05) is 12.4 Å². The Bertz CT molecular complexity index is 298. The van der Waals surface area contributed by atoms with Crippen molar-refractivity contribution >= 4 is 22.6 Å². The van der Waals surface area contributed by atoms with Crippen LogP contribution in [0.25, 0.3) is 0 Å². The Morgan fingerprint density at radius 3 is 2.69 bits per heavy atom. The number of nitrogens with one attached hydrogen (secondary N) is 1. The quantitative estimate of drug-likeness (QED) is 0.793. The minimum atomic E-state index is -0.522. The van der Waals surface area contributed by atoms with Gasteiger partial charge in [0.25, 0.3) is 0 Å². The van der Waals surface area contributed by atoms with Crippen LogP contribution in [0.15, 0.2) is 0 Å². The first-order chi connectivity index (χ1) is 6.13. The normalized spacial score (nSPS) is 10.2. The number of methoxy groups -OCH3 is 1. The van der Waals surface area contributed by atoms with Crippen molar-refractivity contribution in [1.29, 1.82) is 0 Å². The lowest BCUT2D eigenvalue weighted by Crippen LogP contribution is -2.10. The van der Waals surface area contributed by atoms with Crippen molar-refractivity contribution in [1.82, 2.24) is 10.2 Å². The highest BCUT2D eigenvalue weighted by molar-refractivity contribution is 7.15. The summed E-state index contributed by atoms with van der Waals surface area (Å²) in [4.78, 5) is 10.8. The van der Waals surface area contributed by atoms with E-state index in [1.165, 1.54) is 18.4 Å². The average molecular weight is 201 g/mol. The third-order valence-electron chi connectivity index (χ3n) is 1.33. The smallest absolute Gasteiger partial charge is 0.413 e. The van der Waals surface area contributed by atoms with Gasteiger partial charge in [-0.15, -0.1) is 10.2 Å². The molecule has 1 heterocycles. The molecule has 5 nitrogen and oxygen atoms in total.